The first-order valence-corrected chi connectivity index (χ1v) is 6.75. The molecule has 2 amide bonds. The highest BCUT2D eigenvalue weighted by Gasteiger charge is 2.29. The first kappa shape index (κ1) is 15.0. The van der Waals surface area contributed by atoms with E-state index in [9.17, 15) is 18.0 Å². The van der Waals surface area contributed by atoms with Crippen molar-refractivity contribution in [3.63, 3.8) is 0 Å². The molecule has 2 aromatic carbocycles. The van der Waals surface area contributed by atoms with Crippen LogP contribution in [0.2, 0.25) is 0 Å². The summed E-state index contributed by atoms with van der Waals surface area (Å²) in [7, 11) is 0. The smallest absolute Gasteiger partial charge is 0.361 e. The summed E-state index contributed by atoms with van der Waals surface area (Å²) in [5.41, 5.74) is 0.989. The number of nitrogens with one attached hydrogen (secondary N) is 3. The fourth-order valence-electron chi connectivity index (χ4n) is 2.22. The number of fused-ring (bicyclic) bond motifs is 1. The minimum Gasteiger partial charge on any atom is -0.361 e. The zero-order valence-electron chi connectivity index (χ0n) is 11.7. The Morgan fingerprint density at radius 1 is 0.957 bits per heavy atom. The molecule has 0 saturated heterocycles. The van der Waals surface area contributed by atoms with Gasteiger partial charge in [0.1, 0.15) is 0 Å². The van der Waals surface area contributed by atoms with Crippen LogP contribution >= 0.6 is 0 Å². The summed E-state index contributed by atoms with van der Waals surface area (Å²) in [5, 5.41) is 6.01. The second-order valence-electron chi connectivity index (χ2n) is 4.90. The molecular weight excluding hydrogens is 307 g/mol. The molecule has 118 valence electrons. The maximum absolute atomic E-state index is 12.5. The number of amides is 2. The topological polar surface area (TPSA) is 56.9 Å². The van der Waals surface area contributed by atoms with E-state index < -0.39 is 17.8 Å². The van der Waals surface area contributed by atoms with Crippen molar-refractivity contribution in [2.45, 2.75) is 6.18 Å². The Hall–Kier alpha value is -2.96. The molecule has 0 aliphatic heterocycles. The van der Waals surface area contributed by atoms with Gasteiger partial charge in [0.05, 0.1) is 11.3 Å². The van der Waals surface area contributed by atoms with Crippen molar-refractivity contribution in [2.24, 2.45) is 0 Å². The molecule has 0 unspecified atom stereocenters. The molecule has 0 saturated carbocycles. The fourth-order valence-corrected chi connectivity index (χ4v) is 2.22. The van der Waals surface area contributed by atoms with Crippen molar-refractivity contribution in [3.05, 3.63) is 60.3 Å². The third-order valence-corrected chi connectivity index (χ3v) is 3.31. The average molecular weight is 319 g/mol. The van der Waals surface area contributed by atoms with Gasteiger partial charge >= 0.3 is 12.2 Å². The summed E-state index contributed by atoms with van der Waals surface area (Å²) in [6, 6.07) is 10.9. The van der Waals surface area contributed by atoms with Gasteiger partial charge in [-0.05, 0) is 42.5 Å². The first-order chi connectivity index (χ1) is 10.9. The summed E-state index contributed by atoms with van der Waals surface area (Å²) in [4.78, 5) is 15.0. The molecule has 1 aromatic heterocycles. The molecule has 0 fully saturated rings. The quantitative estimate of drug-likeness (QED) is 0.622. The van der Waals surface area contributed by atoms with E-state index in [0.717, 1.165) is 23.0 Å². The fraction of sp³-hybridized carbons (Fsp3) is 0.0625. The molecule has 3 rings (SSSR count). The number of alkyl halides is 3. The summed E-state index contributed by atoms with van der Waals surface area (Å²) in [6.07, 6.45) is -2.64. The van der Waals surface area contributed by atoms with Gasteiger partial charge in [0, 0.05) is 22.8 Å². The highest BCUT2D eigenvalue weighted by Crippen LogP contribution is 2.30. The molecule has 1 heterocycles. The standard InChI is InChI=1S/C16H12F3N3O/c17-16(18,19)10-4-6-11(7-5-10)21-15(23)22-14-3-1-2-13-12(14)8-9-20-13/h1-9,20H,(H2,21,22,23). The second-order valence-corrected chi connectivity index (χ2v) is 4.90. The normalized spacial score (nSPS) is 11.4. The molecule has 4 nitrogen and oxygen atoms in total. The monoisotopic (exact) mass is 319 g/mol. The molecule has 0 radical (unpaired) electrons. The largest absolute Gasteiger partial charge is 0.416 e. The number of aromatic nitrogens is 1. The van der Waals surface area contributed by atoms with Gasteiger partial charge < -0.3 is 15.6 Å². The van der Waals surface area contributed by atoms with Crippen molar-refractivity contribution in [3.8, 4) is 0 Å². The van der Waals surface area contributed by atoms with Crippen LogP contribution in [0.1, 0.15) is 5.56 Å². The predicted octanol–water partition coefficient (Wildman–Crippen LogP) is 4.83. The van der Waals surface area contributed by atoms with E-state index in [-0.39, 0.29) is 5.69 Å². The van der Waals surface area contributed by atoms with E-state index in [1.807, 2.05) is 12.1 Å². The van der Waals surface area contributed by atoms with Crippen LogP contribution in [-0.4, -0.2) is 11.0 Å². The lowest BCUT2D eigenvalue weighted by Crippen LogP contribution is -2.19. The van der Waals surface area contributed by atoms with Crippen LogP contribution in [0.25, 0.3) is 10.9 Å². The Labute approximate surface area is 129 Å². The molecule has 0 spiro atoms. The lowest BCUT2D eigenvalue weighted by Gasteiger charge is -2.10. The average Bonchev–Trinajstić information content (AvgIpc) is 2.96. The van der Waals surface area contributed by atoms with Gasteiger partial charge in [-0.25, -0.2) is 4.79 Å². The molecule has 3 N–H and O–H groups in total. The molecule has 0 aliphatic rings. The Balaban J connectivity index is 1.71. The van der Waals surface area contributed by atoms with Crippen molar-refractivity contribution in [1.82, 2.24) is 4.98 Å². The second kappa shape index (κ2) is 5.68. The van der Waals surface area contributed by atoms with Crippen LogP contribution < -0.4 is 10.6 Å². The van der Waals surface area contributed by atoms with Gasteiger partial charge in [0.15, 0.2) is 0 Å². The van der Waals surface area contributed by atoms with Crippen LogP contribution in [0, 0.1) is 0 Å². The SMILES string of the molecule is O=C(Nc1ccc(C(F)(F)F)cc1)Nc1cccc2[nH]ccc12. The molecule has 0 atom stereocenters. The Morgan fingerprint density at radius 3 is 2.39 bits per heavy atom. The summed E-state index contributed by atoms with van der Waals surface area (Å²) in [6.45, 7) is 0. The lowest BCUT2D eigenvalue weighted by atomic mass is 10.2. The Morgan fingerprint density at radius 2 is 1.70 bits per heavy atom. The van der Waals surface area contributed by atoms with Crippen LogP contribution in [0.3, 0.4) is 0 Å². The number of carbonyl (C=O) groups is 1. The third-order valence-electron chi connectivity index (χ3n) is 3.31. The van der Waals surface area contributed by atoms with Crippen LogP contribution in [0.4, 0.5) is 29.3 Å². The van der Waals surface area contributed by atoms with Crippen molar-refractivity contribution in [2.75, 3.05) is 10.6 Å². The molecular formula is C16H12F3N3O. The van der Waals surface area contributed by atoms with Crippen LogP contribution in [0.5, 0.6) is 0 Å². The maximum Gasteiger partial charge on any atom is 0.416 e. The number of H-pyrrole nitrogens is 1. The zero-order chi connectivity index (χ0) is 16.4. The van der Waals surface area contributed by atoms with E-state index >= 15 is 0 Å². The number of urea groups is 1. The van der Waals surface area contributed by atoms with E-state index in [0.29, 0.717) is 5.69 Å². The summed E-state index contributed by atoms with van der Waals surface area (Å²) >= 11 is 0. The third kappa shape index (κ3) is 3.28. The van der Waals surface area contributed by atoms with Crippen LogP contribution in [-0.2, 0) is 6.18 Å². The van der Waals surface area contributed by atoms with Gasteiger partial charge in [-0.2, -0.15) is 13.2 Å². The number of aromatic amines is 1. The van der Waals surface area contributed by atoms with Gasteiger partial charge in [-0.3, -0.25) is 0 Å². The highest BCUT2D eigenvalue weighted by molar-refractivity contribution is 6.05. The van der Waals surface area contributed by atoms with Gasteiger partial charge in [-0.15, -0.1) is 0 Å². The minimum absolute atomic E-state index is 0.275. The number of hydrogen-bond donors (Lipinski definition) is 3. The molecule has 7 heteroatoms. The number of anilines is 2. The van der Waals surface area contributed by atoms with Crippen molar-refractivity contribution in [1.29, 1.82) is 0 Å². The Bertz CT molecular complexity index is 838. The lowest BCUT2D eigenvalue weighted by molar-refractivity contribution is -0.137. The van der Waals surface area contributed by atoms with Gasteiger partial charge in [0.25, 0.3) is 0 Å². The maximum atomic E-state index is 12.5. The number of carbonyl (C=O) groups excluding carboxylic acids is 1. The highest BCUT2D eigenvalue weighted by atomic mass is 19.4. The van der Waals surface area contributed by atoms with E-state index in [4.69, 9.17) is 0 Å². The molecule has 3 aromatic rings. The van der Waals surface area contributed by atoms with Crippen LogP contribution in [0.15, 0.2) is 54.7 Å². The van der Waals surface area contributed by atoms with Gasteiger partial charge in [0.2, 0.25) is 0 Å². The van der Waals surface area contributed by atoms with Crippen molar-refractivity contribution >= 4 is 28.3 Å². The minimum atomic E-state index is -4.40. The summed E-state index contributed by atoms with van der Waals surface area (Å²) in [5.74, 6) is 0. The number of hydrogen-bond acceptors (Lipinski definition) is 1. The number of halogens is 3. The molecule has 0 bridgehead atoms. The molecule has 0 aliphatic carbocycles. The van der Waals surface area contributed by atoms with Crippen molar-refractivity contribution < 1.29 is 18.0 Å². The number of rotatable bonds is 2. The van der Waals surface area contributed by atoms with E-state index in [2.05, 4.69) is 15.6 Å². The summed E-state index contributed by atoms with van der Waals surface area (Å²) < 4.78 is 37.5. The van der Waals surface area contributed by atoms with Gasteiger partial charge in [-0.1, -0.05) is 6.07 Å². The van der Waals surface area contributed by atoms with E-state index in [1.165, 1.54) is 12.1 Å². The van der Waals surface area contributed by atoms with E-state index in [1.54, 1.807) is 18.3 Å². The predicted molar refractivity (Wildman–Crippen MR) is 82.4 cm³/mol. The first-order valence-electron chi connectivity index (χ1n) is 6.75. The Kier molecular flexibility index (Phi) is 3.69. The zero-order valence-corrected chi connectivity index (χ0v) is 11.7. The number of benzene rings is 2. The molecule has 23 heavy (non-hydrogen) atoms.